The summed E-state index contributed by atoms with van der Waals surface area (Å²) in [6, 6.07) is -1.01. The Labute approximate surface area is 62.3 Å². The first kappa shape index (κ1) is 7.15. The molecule has 0 saturated carbocycles. The summed E-state index contributed by atoms with van der Waals surface area (Å²) >= 11 is 5.47. The van der Waals surface area contributed by atoms with Crippen molar-refractivity contribution in [2.24, 2.45) is 5.18 Å². The summed E-state index contributed by atoms with van der Waals surface area (Å²) in [5.74, 6) is -0.359. The van der Waals surface area contributed by atoms with Crippen LogP contribution >= 0.6 is 11.6 Å². The molecule has 0 fully saturated rings. The second-order valence-corrected chi connectivity index (χ2v) is 2.26. The van der Waals surface area contributed by atoms with Crippen LogP contribution in [-0.2, 0) is 4.79 Å². The summed E-state index contributed by atoms with van der Waals surface area (Å²) in [4.78, 5) is 20.7. The van der Waals surface area contributed by atoms with E-state index >= 15 is 0 Å². The predicted octanol–water partition coefficient (Wildman–Crippen LogP) is 1.38. The van der Waals surface area contributed by atoms with E-state index in [1.807, 2.05) is 0 Å². The van der Waals surface area contributed by atoms with E-state index in [2.05, 4.69) is 5.18 Å². The maximum atomic E-state index is 10.7. The van der Waals surface area contributed by atoms with Crippen molar-refractivity contribution < 1.29 is 4.79 Å². The van der Waals surface area contributed by atoms with Gasteiger partial charge in [-0.15, -0.1) is 4.91 Å². The lowest BCUT2D eigenvalue weighted by Crippen LogP contribution is -2.17. The molecule has 0 N–H and O–H groups in total. The van der Waals surface area contributed by atoms with E-state index in [9.17, 15) is 9.70 Å². The summed E-state index contributed by atoms with van der Waals surface area (Å²) in [5, 5.41) is 2.74. The summed E-state index contributed by atoms with van der Waals surface area (Å²) in [7, 11) is 0. The van der Waals surface area contributed by atoms with Crippen LogP contribution in [-0.4, -0.2) is 11.8 Å². The van der Waals surface area contributed by atoms with Crippen LogP contribution in [0, 0.1) is 4.91 Å². The first-order valence-corrected chi connectivity index (χ1v) is 3.03. The Morgan fingerprint density at radius 2 is 2.30 bits per heavy atom. The normalized spacial score (nSPS) is 24.3. The number of nitrogens with zero attached hydrogens (tertiary/aromatic N) is 1. The third-order valence-corrected chi connectivity index (χ3v) is 1.48. The van der Waals surface area contributed by atoms with Crippen LogP contribution in [0.15, 0.2) is 28.4 Å². The van der Waals surface area contributed by atoms with Crippen molar-refractivity contribution in [3.63, 3.8) is 0 Å². The van der Waals surface area contributed by atoms with Gasteiger partial charge in [0, 0.05) is 0 Å². The van der Waals surface area contributed by atoms with E-state index in [0.717, 1.165) is 0 Å². The molecule has 0 aromatic carbocycles. The molecule has 3 nitrogen and oxygen atoms in total. The van der Waals surface area contributed by atoms with Gasteiger partial charge in [0.1, 0.15) is 0 Å². The maximum Gasteiger partial charge on any atom is 0.189 e. The van der Waals surface area contributed by atoms with E-state index in [4.69, 9.17) is 11.6 Å². The monoisotopic (exact) mass is 157 g/mol. The molecule has 1 rings (SSSR count). The van der Waals surface area contributed by atoms with Crippen molar-refractivity contribution in [2.45, 2.75) is 6.04 Å². The fraction of sp³-hybridized carbons (Fsp3) is 0.167. The van der Waals surface area contributed by atoms with Crippen molar-refractivity contribution in [2.75, 3.05) is 0 Å². The third-order valence-electron chi connectivity index (χ3n) is 1.15. The molecular formula is C6H4ClNO2. The molecule has 0 spiro atoms. The fourth-order valence-electron chi connectivity index (χ4n) is 0.655. The summed E-state index contributed by atoms with van der Waals surface area (Å²) < 4.78 is 0. The average Bonchev–Trinajstić information content (AvgIpc) is 1.88. The molecule has 1 atom stereocenters. The molecule has 0 aromatic rings. The zero-order chi connectivity index (χ0) is 7.56. The Kier molecular flexibility index (Phi) is 1.97. The van der Waals surface area contributed by atoms with E-state index in [0.29, 0.717) is 0 Å². The quantitative estimate of drug-likeness (QED) is 0.540. The number of nitroso groups, excluding NO2 is 1. The molecule has 1 aliphatic rings. The maximum absolute atomic E-state index is 10.7. The van der Waals surface area contributed by atoms with E-state index < -0.39 is 6.04 Å². The first-order valence-electron chi connectivity index (χ1n) is 2.66. The highest BCUT2D eigenvalue weighted by molar-refractivity contribution is 6.33. The number of hydrogen-bond acceptors (Lipinski definition) is 3. The minimum Gasteiger partial charge on any atom is -0.292 e. The van der Waals surface area contributed by atoms with E-state index in [1.165, 1.54) is 18.2 Å². The number of hydrogen-bond donors (Lipinski definition) is 0. The minimum absolute atomic E-state index is 0.183. The molecular weight excluding hydrogens is 154 g/mol. The van der Waals surface area contributed by atoms with Gasteiger partial charge in [0.05, 0.1) is 5.03 Å². The van der Waals surface area contributed by atoms with Gasteiger partial charge < -0.3 is 0 Å². The summed E-state index contributed by atoms with van der Waals surface area (Å²) in [6.45, 7) is 0. The number of allylic oxidation sites excluding steroid dienone is 2. The van der Waals surface area contributed by atoms with Gasteiger partial charge in [-0.3, -0.25) is 4.79 Å². The van der Waals surface area contributed by atoms with Crippen molar-refractivity contribution in [3.8, 4) is 0 Å². The van der Waals surface area contributed by atoms with Gasteiger partial charge in [-0.2, -0.15) is 0 Å². The van der Waals surface area contributed by atoms with Crippen molar-refractivity contribution in [1.82, 2.24) is 0 Å². The van der Waals surface area contributed by atoms with Crippen LogP contribution < -0.4 is 0 Å². The SMILES string of the molecule is O=N[C@H]1C(=O)C=CC=C1Cl. The Morgan fingerprint density at radius 3 is 2.70 bits per heavy atom. The van der Waals surface area contributed by atoms with E-state index in [-0.39, 0.29) is 10.8 Å². The summed E-state index contributed by atoms with van der Waals surface area (Å²) in [6.07, 6.45) is 4.25. The molecule has 0 radical (unpaired) electrons. The van der Waals surface area contributed by atoms with Gasteiger partial charge in [-0.05, 0) is 12.2 Å². The Balaban J connectivity index is 2.91. The van der Waals surface area contributed by atoms with Crippen LogP contribution in [0.25, 0.3) is 0 Å². The van der Waals surface area contributed by atoms with E-state index in [1.54, 1.807) is 0 Å². The van der Waals surface area contributed by atoms with Gasteiger partial charge in [-0.1, -0.05) is 22.9 Å². The van der Waals surface area contributed by atoms with Crippen LogP contribution in [0.5, 0.6) is 0 Å². The van der Waals surface area contributed by atoms with Crippen LogP contribution in [0.3, 0.4) is 0 Å². The molecule has 4 heteroatoms. The molecule has 0 amide bonds. The predicted molar refractivity (Wildman–Crippen MR) is 37.7 cm³/mol. The van der Waals surface area contributed by atoms with Crippen LogP contribution in [0.1, 0.15) is 0 Å². The van der Waals surface area contributed by atoms with Gasteiger partial charge in [0.2, 0.25) is 0 Å². The highest BCUT2D eigenvalue weighted by Gasteiger charge is 2.21. The third kappa shape index (κ3) is 1.14. The molecule has 0 aliphatic heterocycles. The Bertz CT molecular complexity index is 232. The average molecular weight is 158 g/mol. The lowest BCUT2D eigenvalue weighted by Gasteiger charge is -2.05. The molecule has 0 heterocycles. The van der Waals surface area contributed by atoms with Crippen LogP contribution in [0.2, 0.25) is 0 Å². The van der Waals surface area contributed by atoms with Crippen molar-refractivity contribution in [3.05, 3.63) is 28.2 Å². The molecule has 0 bridgehead atoms. The second kappa shape index (κ2) is 2.75. The zero-order valence-corrected chi connectivity index (χ0v) is 5.71. The minimum atomic E-state index is -1.01. The number of halogens is 1. The summed E-state index contributed by atoms with van der Waals surface area (Å²) in [5.41, 5.74) is 0. The smallest absolute Gasteiger partial charge is 0.189 e. The van der Waals surface area contributed by atoms with Crippen molar-refractivity contribution in [1.29, 1.82) is 0 Å². The topological polar surface area (TPSA) is 46.5 Å². The molecule has 0 aromatic heterocycles. The fourth-order valence-corrected chi connectivity index (χ4v) is 0.875. The Hall–Kier alpha value is -0.960. The lowest BCUT2D eigenvalue weighted by molar-refractivity contribution is -0.114. The standard InChI is InChI=1S/C6H4ClNO2/c7-4-2-1-3-5(9)6(4)8-10/h1-3,6H/t6-/m1/s1. The van der Waals surface area contributed by atoms with Gasteiger partial charge in [0.25, 0.3) is 0 Å². The zero-order valence-electron chi connectivity index (χ0n) is 4.95. The number of carbonyl (C=O) groups excluding carboxylic acids is 1. The molecule has 10 heavy (non-hydrogen) atoms. The van der Waals surface area contributed by atoms with Gasteiger partial charge >= 0.3 is 0 Å². The van der Waals surface area contributed by atoms with Gasteiger partial charge in [0.15, 0.2) is 11.8 Å². The Morgan fingerprint density at radius 1 is 1.60 bits per heavy atom. The first-order chi connectivity index (χ1) is 4.75. The van der Waals surface area contributed by atoms with Crippen LogP contribution in [0.4, 0.5) is 0 Å². The number of carbonyl (C=O) groups is 1. The molecule has 0 saturated heterocycles. The number of rotatable bonds is 1. The molecule has 52 valence electrons. The molecule has 1 aliphatic carbocycles. The lowest BCUT2D eigenvalue weighted by atomic mass is 10.1. The van der Waals surface area contributed by atoms with Gasteiger partial charge in [-0.25, -0.2) is 0 Å². The highest BCUT2D eigenvalue weighted by atomic mass is 35.5. The highest BCUT2D eigenvalue weighted by Crippen LogP contribution is 2.16. The molecule has 0 unspecified atom stereocenters. The number of ketones is 1. The van der Waals surface area contributed by atoms with Crippen molar-refractivity contribution >= 4 is 17.4 Å². The largest absolute Gasteiger partial charge is 0.292 e. The second-order valence-electron chi connectivity index (χ2n) is 1.82.